The van der Waals surface area contributed by atoms with Gasteiger partial charge in [-0.25, -0.2) is 0 Å². The fourth-order valence-corrected chi connectivity index (χ4v) is 10.4. The maximum atomic E-state index is 5.36. The van der Waals surface area contributed by atoms with E-state index >= 15 is 0 Å². The summed E-state index contributed by atoms with van der Waals surface area (Å²) in [7, 11) is 0. The van der Waals surface area contributed by atoms with Crippen LogP contribution in [0.3, 0.4) is 0 Å². The molecule has 0 radical (unpaired) electrons. The predicted octanol–water partition coefficient (Wildman–Crippen LogP) is 14.5. The van der Waals surface area contributed by atoms with Gasteiger partial charge in [0.05, 0.1) is 16.6 Å². The molecule has 0 aliphatic heterocycles. The summed E-state index contributed by atoms with van der Waals surface area (Å²) in [6.07, 6.45) is 8.83. The molecule has 6 aromatic carbocycles. The van der Waals surface area contributed by atoms with Crippen LogP contribution in [0.4, 0.5) is 0 Å². The van der Waals surface area contributed by atoms with Crippen LogP contribution in [-0.2, 0) is 0 Å². The van der Waals surface area contributed by atoms with Gasteiger partial charge in [0, 0.05) is 103 Å². The van der Waals surface area contributed by atoms with Gasteiger partial charge in [0.2, 0.25) is 0 Å². The molecular formula is C58H58N6. The van der Waals surface area contributed by atoms with Gasteiger partial charge in [0.25, 0.3) is 0 Å². The molecule has 6 heteroatoms. The van der Waals surface area contributed by atoms with Gasteiger partial charge >= 0.3 is 0 Å². The zero-order valence-corrected chi connectivity index (χ0v) is 38.7. The number of aromatic nitrogens is 3. The highest BCUT2D eigenvalue weighted by Gasteiger charge is 2.22. The summed E-state index contributed by atoms with van der Waals surface area (Å²) in [5.41, 5.74) is 13.2. The van der Waals surface area contributed by atoms with Gasteiger partial charge in [-0.3, -0.25) is 29.9 Å². The van der Waals surface area contributed by atoms with E-state index in [9.17, 15) is 0 Å². The van der Waals surface area contributed by atoms with Crippen LogP contribution in [-0.4, -0.2) is 50.2 Å². The van der Waals surface area contributed by atoms with Crippen molar-refractivity contribution < 1.29 is 0 Å². The number of hydrogen-bond acceptors (Lipinski definition) is 6. The highest BCUT2D eigenvalue weighted by Crippen LogP contribution is 2.32. The Morgan fingerprint density at radius 2 is 0.672 bits per heavy atom. The lowest BCUT2D eigenvalue weighted by atomic mass is 9.88. The van der Waals surface area contributed by atoms with Crippen LogP contribution in [0.5, 0.6) is 0 Å². The number of aryl methyl sites for hydroxylation is 3. The topological polar surface area (TPSA) is 75.8 Å². The number of pyridine rings is 3. The molecule has 9 aromatic rings. The van der Waals surface area contributed by atoms with Crippen LogP contribution in [0.25, 0.3) is 65.0 Å². The molecule has 9 rings (SSSR count). The van der Waals surface area contributed by atoms with Crippen molar-refractivity contribution in [1.29, 1.82) is 0 Å². The van der Waals surface area contributed by atoms with E-state index in [1.54, 1.807) is 0 Å². The first-order chi connectivity index (χ1) is 30.9. The molecule has 0 fully saturated rings. The Balaban J connectivity index is 0.993. The minimum Gasteiger partial charge on any atom is -0.286 e. The van der Waals surface area contributed by atoms with Gasteiger partial charge in [-0.2, -0.15) is 0 Å². The van der Waals surface area contributed by atoms with Gasteiger partial charge < -0.3 is 0 Å². The van der Waals surface area contributed by atoms with Gasteiger partial charge in [0.1, 0.15) is 0 Å². The Morgan fingerprint density at radius 3 is 0.969 bits per heavy atom. The summed E-state index contributed by atoms with van der Waals surface area (Å²) in [5, 5.41) is 10.7. The lowest BCUT2D eigenvalue weighted by molar-refractivity contribution is 0.351. The van der Waals surface area contributed by atoms with Crippen molar-refractivity contribution in [3.05, 3.63) is 161 Å². The maximum absolute atomic E-state index is 5.36. The molecule has 0 amide bonds. The smallest absolute Gasteiger partial charge is 0.0783 e. The monoisotopic (exact) mass is 838 g/mol. The molecule has 320 valence electrons. The van der Waals surface area contributed by atoms with Gasteiger partial charge in [-0.1, -0.05) is 109 Å². The quantitative estimate of drug-likeness (QED) is 0.0908. The second-order valence-electron chi connectivity index (χ2n) is 18.2. The molecule has 0 aliphatic carbocycles. The van der Waals surface area contributed by atoms with E-state index in [1.165, 1.54) is 65.2 Å². The summed E-state index contributed by atoms with van der Waals surface area (Å²) in [6.45, 7) is 19.8. The van der Waals surface area contributed by atoms with E-state index < -0.39 is 0 Å². The number of rotatable bonds is 12. The molecule has 6 nitrogen and oxygen atoms in total. The van der Waals surface area contributed by atoms with Crippen LogP contribution in [0.15, 0.2) is 143 Å². The number of nitrogens with zero attached hydrogens (tertiary/aromatic N) is 6. The highest BCUT2D eigenvalue weighted by atomic mass is 14.8. The molecule has 0 saturated carbocycles. The van der Waals surface area contributed by atoms with Crippen LogP contribution in [0, 0.1) is 26.7 Å². The Kier molecular flexibility index (Phi) is 11.9. The highest BCUT2D eigenvalue weighted by molar-refractivity contribution is 6.12. The third kappa shape index (κ3) is 8.30. The molecule has 3 atom stereocenters. The molecule has 0 spiro atoms. The summed E-state index contributed by atoms with van der Waals surface area (Å²) in [6, 6.07) is 38.9. The van der Waals surface area contributed by atoms with E-state index in [0.29, 0.717) is 5.92 Å². The first kappa shape index (κ1) is 42.6. The van der Waals surface area contributed by atoms with Crippen LogP contribution >= 0.6 is 0 Å². The zero-order chi connectivity index (χ0) is 44.6. The van der Waals surface area contributed by atoms with Gasteiger partial charge in [-0.05, 0) is 120 Å². The molecule has 0 bridgehead atoms. The number of fused-ring (bicyclic) bond motifs is 9. The van der Waals surface area contributed by atoms with Crippen LogP contribution < -0.4 is 0 Å². The number of benzene rings is 6. The minimum absolute atomic E-state index is 0.0924. The molecule has 64 heavy (non-hydrogen) atoms. The van der Waals surface area contributed by atoms with Crippen molar-refractivity contribution in [3.63, 3.8) is 0 Å². The number of hydrogen-bond donors (Lipinski definition) is 0. The normalized spacial score (nSPS) is 14.9. The van der Waals surface area contributed by atoms with E-state index in [4.69, 9.17) is 29.9 Å². The zero-order valence-electron chi connectivity index (χ0n) is 38.7. The minimum atomic E-state index is 0.0924. The molecular weight excluding hydrogens is 781 g/mol. The lowest BCUT2D eigenvalue weighted by Crippen LogP contribution is -2.20. The van der Waals surface area contributed by atoms with Gasteiger partial charge in [-0.15, -0.1) is 0 Å². The lowest BCUT2D eigenvalue weighted by Gasteiger charge is -2.24. The van der Waals surface area contributed by atoms with E-state index in [0.717, 1.165) is 69.6 Å². The Morgan fingerprint density at radius 1 is 0.391 bits per heavy atom. The fourth-order valence-electron chi connectivity index (χ4n) is 10.4. The standard InChI is InChI=1S/C58H58N6/c1-34(62-40(7)53-31-59-56-47(37(53)4)25-22-44-16-10-13-19-50(44)56)28-43(29-35(2)63-41(8)54-32-60-57-48(38(54)5)26-23-45-17-11-14-20-51(45)57)30-36(3)64-42(9)55-33-61-58-49(39(55)6)27-24-46-18-12-15-21-52(46)58/h10-27,31-36,43H,28-30H2,1-9H3. The average Bonchev–Trinajstić information content (AvgIpc) is 3.28. The van der Waals surface area contributed by atoms with E-state index in [-0.39, 0.29) is 18.1 Å². The molecule has 3 aromatic heterocycles. The molecule has 0 aliphatic rings. The second kappa shape index (κ2) is 17.8. The van der Waals surface area contributed by atoms with Gasteiger partial charge in [0.15, 0.2) is 0 Å². The largest absolute Gasteiger partial charge is 0.286 e. The molecule has 0 N–H and O–H groups in total. The second-order valence-corrected chi connectivity index (χ2v) is 18.2. The summed E-state index contributed by atoms with van der Waals surface area (Å²) >= 11 is 0. The first-order valence-corrected chi connectivity index (χ1v) is 22.9. The summed E-state index contributed by atoms with van der Waals surface area (Å²) in [5.74, 6) is 0.330. The van der Waals surface area contributed by atoms with Crippen LogP contribution in [0.1, 0.15) is 94.2 Å². The van der Waals surface area contributed by atoms with Crippen molar-refractivity contribution in [1.82, 2.24) is 15.0 Å². The summed E-state index contributed by atoms with van der Waals surface area (Å²) in [4.78, 5) is 31.1. The Labute approximate surface area is 377 Å². The molecule has 0 saturated heterocycles. The Bertz CT molecular complexity index is 2990. The molecule has 3 unspecified atom stereocenters. The maximum Gasteiger partial charge on any atom is 0.0783 e. The Hall–Kier alpha value is -6.66. The van der Waals surface area contributed by atoms with Crippen molar-refractivity contribution in [2.24, 2.45) is 20.9 Å². The third-order valence-electron chi connectivity index (χ3n) is 13.5. The fraction of sp³-hybridized carbons (Fsp3) is 0.276. The van der Waals surface area contributed by atoms with E-state index in [2.05, 4.69) is 172 Å². The third-order valence-corrected chi connectivity index (χ3v) is 13.5. The molecule has 3 heterocycles. The average molecular weight is 839 g/mol. The first-order valence-electron chi connectivity index (χ1n) is 22.9. The van der Waals surface area contributed by atoms with Crippen molar-refractivity contribution >= 4 is 82.2 Å². The van der Waals surface area contributed by atoms with Crippen molar-refractivity contribution in [3.8, 4) is 0 Å². The van der Waals surface area contributed by atoms with Crippen molar-refractivity contribution in [2.75, 3.05) is 0 Å². The van der Waals surface area contributed by atoms with Crippen LogP contribution in [0.2, 0.25) is 0 Å². The SMILES string of the molecule is CC(=NC(C)CC(CC(C)N=C(C)c1cnc2c(ccc3ccccc32)c1C)CC(C)N=C(C)c1cnc2c(ccc3ccccc32)c1C)c1cnc2c(ccc3ccccc32)c1C. The summed E-state index contributed by atoms with van der Waals surface area (Å²) < 4.78 is 0. The number of aliphatic imine (C=N–C) groups is 3. The predicted molar refractivity (Wildman–Crippen MR) is 274 cm³/mol. The van der Waals surface area contributed by atoms with Crippen molar-refractivity contribution in [2.45, 2.75) is 99.7 Å². The van der Waals surface area contributed by atoms with E-state index in [1.807, 2.05) is 18.6 Å².